The summed E-state index contributed by atoms with van der Waals surface area (Å²) < 4.78 is 18.0. The topological polar surface area (TPSA) is 21.7 Å². The van der Waals surface area contributed by atoms with Gasteiger partial charge < -0.3 is 13.5 Å². The summed E-state index contributed by atoms with van der Waals surface area (Å²) >= 11 is 8.41. The zero-order valence-electron chi connectivity index (χ0n) is 34.3. The van der Waals surface area contributed by atoms with Crippen molar-refractivity contribution < 1.29 is 13.2 Å². The average Bonchev–Trinajstić information content (AvgIpc) is 3.01. The van der Waals surface area contributed by atoms with Gasteiger partial charge in [-0.2, -0.15) is 0 Å². The molecule has 7 rings (SSSR count). The van der Waals surface area contributed by atoms with Crippen LogP contribution in [0.5, 0.6) is 11.5 Å². The lowest BCUT2D eigenvalue weighted by atomic mass is 9.76. The molecule has 0 bridgehead atoms. The molecule has 0 aromatic heterocycles. The van der Waals surface area contributed by atoms with Crippen LogP contribution in [0.4, 0.5) is 0 Å². The Hall–Kier alpha value is -3.66. The largest absolute Gasteiger partial charge is 0.599 e. The summed E-state index contributed by atoms with van der Waals surface area (Å²) in [5.41, 5.74) is 3.83. The summed E-state index contributed by atoms with van der Waals surface area (Å²) in [5.74, 6) is 4.40. The lowest BCUT2D eigenvalue weighted by molar-refractivity contribution is -0.510. The zero-order chi connectivity index (χ0) is 38.7. The van der Waals surface area contributed by atoms with Crippen molar-refractivity contribution in [2.24, 2.45) is 0 Å². The predicted molar refractivity (Wildman–Crippen MR) is 226 cm³/mol. The molecule has 0 N–H and O–H groups in total. The number of amidine groups is 2. The minimum absolute atomic E-state index is 0.111. The molecule has 3 heterocycles. The van der Waals surface area contributed by atoms with Crippen LogP contribution in [0.15, 0.2) is 97.1 Å². The van der Waals surface area contributed by atoms with Gasteiger partial charge in [0.05, 0.1) is 38.5 Å². The normalized spacial score (nSPS) is 20.4. The molecule has 1 unspecified atom stereocenters. The van der Waals surface area contributed by atoms with E-state index in [1.165, 1.54) is 39.1 Å². The smallest absolute Gasteiger partial charge is 0.459 e. The third kappa shape index (κ3) is 5.75. The molecule has 1 radical (unpaired) electrons. The van der Waals surface area contributed by atoms with E-state index in [2.05, 4.69) is 212 Å². The standard InChI is InChI=1S/C45H58ClN4OSi2/c1-41(2,3)47-39(31-23-17-15-18-24-31)48(42(4,5)6)52(47)35-29-21-27-33-37(35)51-38-34(45(33,13)14)28-22-30-36(38)53(46)49(43(7,8)9)40(50(53)44(10,11)12)32-25-19-16-20-26-32/h15-30H,1-14H3/q+1. The molecule has 3 aliphatic rings. The van der Waals surface area contributed by atoms with Crippen molar-refractivity contribution in [3.8, 4) is 11.5 Å². The van der Waals surface area contributed by atoms with Gasteiger partial charge in [0.2, 0.25) is 5.84 Å². The SMILES string of the molecule is CC1(C)c2cccc([Si]3N(C(C)(C)C)C(c4ccccc4)=[N+]3C(C)(C)C)c2Oc2c1cccc2[Si-]1(Cl)N(C(C)(C)C)C(c2ccccc2)=[N+]1C(C)(C)C. The maximum Gasteiger partial charge on any atom is 0.599 e. The Morgan fingerprint density at radius 1 is 0.604 bits per heavy atom. The molecule has 0 amide bonds. The summed E-state index contributed by atoms with van der Waals surface area (Å²) in [6, 6.07) is 35.2. The van der Waals surface area contributed by atoms with E-state index in [1.807, 2.05) is 0 Å². The summed E-state index contributed by atoms with van der Waals surface area (Å²) in [4.78, 5) is 0. The minimum atomic E-state index is -3.13. The Morgan fingerprint density at radius 2 is 1.11 bits per heavy atom. The van der Waals surface area contributed by atoms with Gasteiger partial charge >= 0.3 is 16.8 Å². The number of ether oxygens (including phenoxy) is 1. The fourth-order valence-corrected chi connectivity index (χ4v) is 18.6. The van der Waals surface area contributed by atoms with Crippen molar-refractivity contribution in [2.45, 2.75) is 125 Å². The predicted octanol–water partition coefficient (Wildman–Crippen LogP) is 8.94. The highest BCUT2D eigenvalue weighted by atomic mass is 35.6. The highest BCUT2D eigenvalue weighted by Gasteiger charge is 2.65. The summed E-state index contributed by atoms with van der Waals surface area (Å²) in [5, 5.41) is 2.39. The molecule has 0 aliphatic carbocycles. The molecular formula is C45H58ClN4OSi2+. The van der Waals surface area contributed by atoms with Crippen molar-refractivity contribution in [1.29, 1.82) is 0 Å². The van der Waals surface area contributed by atoms with Gasteiger partial charge in [-0.05, 0) is 113 Å². The molecule has 3 aliphatic heterocycles. The Morgan fingerprint density at radius 3 is 1.60 bits per heavy atom. The van der Waals surface area contributed by atoms with Crippen molar-refractivity contribution >= 4 is 50.0 Å². The van der Waals surface area contributed by atoms with Crippen LogP contribution in [0.3, 0.4) is 0 Å². The van der Waals surface area contributed by atoms with E-state index in [0.29, 0.717) is 0 Å². The van der Waals surface area contributed by atoms with Gasteiger partial charge in [-0.25, -0.2) is 0 Å². The Labute approximate surface area is 326 Å². The first kappa shape index (κ1) is 37.7. The van der Waals surface area contributed by atoms with E-state index in [1.54, 1.807) is 0 Å². The molecule has 278 valence electrons. The van der Waals surface area contributed by atoms with Crippen LogP contribution in [-0.4, -0.2) is 68.3 Å². The van der Waals surface area contributed by atoms with Crippen LogP contribution in [0.2, 0.25) is 0 Å². The van der Waals surface area contributed by atoms with E-state index >= 15 is 0 Å². The van der Waals surface area contributed by atoms with E-state index in [0.717, 1.165) is 16.7 Å². The average molecular weight is 763 g/mol. The molecule has 0 fully saturated rings. The molecule has 4 aromatic carbocycles. The van der Waals surface area contributed by atoms with E-state index in [9.17, 15) is 0 Å². The van der Waals surface area contributed by atoms with Crippen LogP contribution >= 0.6 is 11.1 Å². The second kappa shape index (κ2) is 12.2. The van der Waals surface area contributed by atoms with Crippen LogP contribution in [0.25, 0.3) is 0 Å². The molecule has 1 atom stereocenters. The molecule has 4 aromatic rings. The highest BCUT2D eigenvalue weighted by Crippen LogP contribution is 2.50. The van der Waals surface area contributed by atoms with Crippen molar-refractivity contribution in [1.82, 2.24) is 9.13 Å². The third-order valence-corrected chi connectivity index (χ3v) is 19.9. The first-order chi connectivity index (χ1) is 24.5. The maximum absolute atomic E-state index is 8.41. The number of para-hydroxylation sites is 2. The number of benzene rings is 4. The summed E-state index contributed by atoms with van der Waals surface area (Å²) in [6.45, 7) is 32.5. The quantitative estimate of drug-likeness (QED) is 0.153. The van der Waals surface area contributed by atoms with Crippen LogP contribution < -0.4 is 15.1 Å². The molecule has 0 spiro atoms. The van der Waals surface area contributed by atoms with Gasteiger partial charge in [0.15, 0.2) is 0 Å². The van der Waals surface area contributed by atoms with E-state index < -0.39 is 16.8 Å². The molecule has 8 heteroatoms. The molecule has 53 heavy (non-hydrogen) atoms. The van der Waals surface area contributed by atoms with Crippen LogP contribution in [-0.2, 0) is 5.41 Å². The molecule has 0 saturated heterocycles. The third-order valence-electron chi connectivity index (χ3n) is 10.8. The number of nitrogens with zero attached hydrogens (tertiary/aromatic N) is 4. The monoisotopic (exact) mass is 761 g/mol. The first-order valence-corrected chi connectivity index (χ1v) is 23.4. The maximum atomic E-state index is 8.41. The number of hydrogen-bond acceptors (Lipinski definition) is 3. The number of hydrogen-bond donors (Lipinski definition) is 0. The van der Waals surface area contributed by atoms with Crippen molar-refractivity contribution in [2.75, 3.05) is 0 Å². The Balaban J connectivity index is 1.48. The van der Waals surface area contributed by atoms with Crippen LogP contribution in [0, 0.1) is 0 Å². The van der Waals surface area contributed by atoms with Gasteiger partial charge in [0, 0.05) is 16.5 Å². The highest BCUT2D eigenvalue weighted by molar-refractivity contribution is 7.24. The molecular weight excluding hydrogens is 704 g/mol. The molecule has 0 saturated carbocycles. The van der Waals surface area contributed by atoms with Gasteiger partial charge in [-0.15, -0.1) is 0 Å². The second-order valence-electron chi connectivity index (χ2n) is 19.4. The number of rotatable bonds is 4. The fourth-order valence-electron chi connectivity index (χ4n) is 8.71. The Bertz CT molecular complexity index is 2150. The minimum Gasteiger partial charge on any atom is -0.459 e. The van der Waals surface area contributed by atoms with E-state index in [-0.39, 0.29) is 27.6 Å². The lowest BCUT2D eigenvalue weighted by Gasteiger charge is -2.62. The van der Waals surface area contributed by atoms with Gasteiger partial charge in [-0.1, -0.05) is 86.6 Å². The molecule has 5 nitrogen and oxygen atoms in total. The Kier molecular flexibility index (Phi) is 8.65. The summed E-state index contributed by atoms with van der Waals surface area (Å²) in [7, 11) is -4.63. The van der Waals surface area contributed by atoms with Crippen molar-refractivity contribution in [3.05, 3.63) is 119 Å². The lowest BCUT2D eigenvalue weighted by Crippen LogP contribution is -2.85. The van der Waals surface area contributed by atoms with Crippen molar-refractivity contribution in [3.63, 3.8) is 0 Å². The fraction of sp³-hybridized carbons (Fsp3) is 0.422. The van der Waals surface area contributed by atoms with Gasteiger partial charge in [0.1, 0.15) is 11.5 Å². The summed E-state index contributed by atoms with van der Waals surface area (Å²) in [6.07, 6.45) is 0. The second-order valence-corrected chi connectivity index (χ2v) is 25.7. The van der Waals surface area contributed by atoms with Gasteiger partial charge in [-0.3, -0.25) is 19.9 Å². The zero-order valence-corrected chi connectivity index (χ0v) is 37.1. The van der Waals surface area contributed by atoms with Crippen LogP contribution in [0.1, 0.15) is 119 Å². The first-order valence-electron chi connectivity index (χ1n) is 19.1. The van der Waals surface area contributed by atoms with E-state index in [4.69, 9.17) is 15.8 Å². The number of fused-ring (bicyclic) bond motifs is 2. The van der Waals surface area contributed by atoms with Gasteiger partial charge in [0.25, 0.3) is 5.84 Å². The number of halogens is 1.